The van der Waals surface area contributed by atoms with Crippen LogP contribution in [0.5, 0.6) is 0 Å². The lowest BCUT2D eigenvalue weighted by atomic mass is 9.33. The molecule has 11 aromatic carbocycles. The molecule has 5 nitrogen and oxygen atoms in total. The van der Waals surface area contributed by atoms with E-state index in [9.17, 15) is 0 Å². The van der Waals surface area contributed by atoms with Gasteiger partial charge in [-0.1, -0.05) is 213 Å². The summed E-state index contributed by atoms with van der Waals surface area (Å²) < 4.78 is 5.20. The Morgan fingerprint density at radius 2 is 0.796 bits per heavy atom. The number of thiophene rings is 1. The summed E-state index contributed by atoms with van der Waals surface area (Å²) in [6.07, 6.45) is 0. The van der Waals surface area contributed by atoms with E-state index in [1.165, 1.54) is 109 Å². The standard InChI is InChI=1S/C86H82BN5S/c1-82(2,3)53-33-38-60(39-34-53)88(61-40-35-54(36-41-61)83(4,5)6)62-42-43-68-72(50-62)90(71-31-24-30-65-64-29-22-23-32-77(64)93-81(65)71)73-51-63(89(58-25-18-16-19-26-58)59-27-20-17-21-28-59)52-74-78(73)87(68)69-47-57(86(13,14)15)49-76-80(69)92(74)75-48-56(85(10,11)12)46-67-66-45-55(84(7,8)9)37-44-70(66)91(76)79(67)75/h16-52H,1-15H3. The van der Waals surface area contributed by atoms with Gasteiger partial charge in [0, 0.05) is 71.7 Å². The van der Waals surface area contributed by atoms with Gasteiger partial charge < -0.3 is 24.2 Å². The average molecular weight is 1230 g/mol. The lowest BCUT2D eigenvalue weighted by Gasteiger charge is -2.47. The highest BCUT2D eigenvalue weighted by molar-refractivity contribution is 7.26. The zero-order chi connectivity index (χ0) is 64.6. The number of hydrogen-bond acceptors (Lipinski definition) is 5. The molecule has 0 N–H and O–H groups in total. The minimum Gasteiger partial charge on any atom is -0.310 e. The summed E-state index contributed by atoms with van der Waals surface area (Å²) in [5, 5.41) is 5.12. The zero-order valence-corrected chi connectivity index (χ0v) is 57.4. The molecule has 0 spiro atoms. The molecule has 0 unspecified atom stereocenters. The van der Waals surface area contributed by atoms with Crippen molar-refractivity contribution < 1.29 is 0 Å². The summed E-state index contributed by atoms with van der Waals surface area (Å²) in [7, 11) is 0. The smallest absolute Gasteiger partial charge is 0.252 e. The first kappa shape index (κ1) is 58.8. The van der Waals surface area contributed by atoms with Gasteiger partial charge in [0.05, 0.1) is 44.2 Å². The predicted molar refractivity (Wildman–Crippen MR) is 404 cm³/mol. The highest BCUT2D eigenvalue weighted by Crippen LogP contribution is 2.57. The molecule has 0 atom stereocenters. The monoisotopic (exact) mass is 1230 g/mol. The van der Waals surface area contributed by atoms with Crippen LogP contribution in [-0.2, 0) is 27.1 Å². The van der Waals surface area contributed by atoms with E-state index in [4.69, 9.17) is 0 Å². The lowest BCUT2D eigenvalue weighted by molar-refractivity contribution is 0.590. The van der Waals surface area contributed by atoms with Crippen LogP contribution in [-0.4, -0.2) is 11.3 Å². The highest BCUT2D eigenvalue weighted by Gasteiger charge is 2.48. The molecule has 460 valence electrons. The highest BCUT2D eigenvalue weighted by atomic mass is 32.1. The maximum Gasteiger partial charge on any atom is 0.252 e. The van der Waals surface area contributed by atoms with Gasteiger partial charge in [0.15, 0.2) is 0 Å². The molecule has 0 saturated heterocycles. The molecule has 5 heterocycles. The number of rotatable bonds is 7. The van der Waals surface area contributed by atoms with Gasteiger partial charge in [-0.05, 0) is 187 Å². The Morgan fingerprint density at radius 1 is 0.312 bits per heavy atom. The molecule has 0 aliphatic carbocycles. The summed E-state index contributed by atoms with van der Waals surface area (Å²) in [4.78, 5) is 10.4. The van der Waals surface area contributed by atoms with Crippen LogP contribution in [0.25, 0.3) is 47.7 Å². The first-order chi connectivity index (χ1) is 44.3. The van der Waals surface area contributed by atoms with Crippen molar-refractivity contribution >= 4 is 145 Å². The fraction of sp³-hybridized carbons (Fsp3) is 0.233. The number of benzene rings is 11. The average Bonchev–Trinajstić information content (AvgIpc) is 1.66. The van der Waals surface area contributed by atoms with Crippen molar-refractivity contribution in [2.24, 2.45) is 0 Å². The Kier molecular flexibility index (Phi) is 13.0. The van der Waals surface area contributed by atoms with Crippen molar-refractivity contribution in [1.29, 1.82) is 0 Å². The number of hydrogen-bond donors (Lipinski definition) is 0. The van der Waals surface area contributed by atoms with E-state index >= 15 is 0 Å². The van der Waals surface area contributed by atoms with E-state index in [-0.39, 0.29) is 33.8 Å². The Balaban J connectivity index is 1.08. The van der Waals surface area contributed by atoms with Crippen molar-refractivity contribution in [1.82, 2.24) is 4.57 Å². The van der Waals surface area contributed by atoms with E-state index in [0.29, 0.717) is 0 Å². The second-order valence-corrected chi connectivity index (χ2v) is 32.6. The summed E-state index contributed by atoms with van der Waals surface area (Å²) in [6, 6.07) is 86.7. The predicted octanol–water partition coefficient (Wildman–Crippen LogP) is 23.0. The molecule has 3 aliphatic heterocycles. The molecule has 16 rings (SSSR count). The van der Waals surface area contributed by atoms with E-state index in [1.807, 2.05) is 11.3 Å². The molecule has 13 aromatic rings. The number of anilines is 12. The lowest BCUT2D eigenvalue weighted by Crippen LogP contribution is -2.62. The Labute approximate surface area is 554 Å². The normalized spacial score (nSPS) is 13.7. The molecule has 0 fully saturated rings. The quantitative estimate of drug-likeness (QED) is 0.148. The molecular formula is C86H82BN5S. The third-order valence-corrected chi connectivity index (χ3v) is 21.4. The molecule has 0 radical (unpaired) electrons. The van der Waals surface area contributed by atoms with E-state index in [0.717, 1.165) is 51.2 Å². The van der Waals surface area contributed by atoms with Gasteiger partial charge in [0.25, 0.3) is 6.71 Å². The van der Waals surface area contributed by atoms with E-state index in [1.54, 1.807) is 0 Å². The summed E-state index contributed by atoms with van der Waals surface area (Å²) in [6.45, 7) is 35.0. The third kappa shape index (κ3) is 9.38. The van der Waals surface area contributed by atoms with Gasteiger partial charge in [-0.2, -0.15) is 0 Å². The summed E-state index contributed by atoms with van der Waals surface area (Å²) in [5.41, 5.74) is 27.4. The number of para-hydroxylation sites is 2. The number of aromatic nitrogens is 1. The SMILES string of the molecule is CC(C)(C)c1ccc(N(c2ccc(C(C)(C)C)cc2)c2ccc3c(c2)N(c2cccc4c2sc2ccccc24)c2cc(N(c4ccccc4)c4ccccc4)cc4c2B3c2cc(C(C)(C)C)cc3c2N4c2cc(C(C)(C)C)cc4c5cc(C(C)(C)C)ccc5n-3c24)cc1. The van der Waals surface area contributed by atoms with Crippen LogP contribution < -0.4 is 36.0 Å². The van der Waals surface area contributed by atoms with Crippen LogP contribution in [0.2, 0.25) is 0 Å². The van der Waals surface area contributed by atoms with Gasteiger partial charge in [0.2, 0.25) is 0 Å². The van der Waals surface area contributed by atoms with Gasteiger partial charge in [-0.3, -0.25) is 0 Å². The molecule has 93 heavy (non-hydrogen) atoms. The topological polar surface area (TPSA) is 17.9 Å². The molecule has 0 bridgehead atoms. The summed E-state index contributed by atoms with van der Waals surface area (Å²) >= 11 is 1.90. The van der Waals surface area contributed by atoms with Gasteiger partial charge in [0.1, 0.15) is 0 Å². The third-order valence-electron chi connectivity index (χ3n) is 20.2. The van der Waals surface area contributed by atoms with Crippen molar-refractivity contribution in [2.45, 2.75) is 131 Å². The maximum absolute atomic E-state index is 2.73. The largest absolute Gasteiger partial charge is 0.310 e. The molecule has 2 aromatic heterocycles. The second kappa shape index (κ2) is 20.6. The molecule has 3 aliphatic rings. The summed E-state index contributed by atoms with van der Waals surface area (Å²) in [5.74, 6) is 0. The van der Waals surface area contributed by atoms with Gasteiger partial charge >= 0.3 is 0 Å². The van der Waals surface area contributed by atoms with Crippen LogP contribution in [0.15, 0.2) is 224 Å². The van der Waals surface area contributed by atoms with Gasteiger partial charge in [-0.15, -0.1) is 11.3 Å². The molecule has 0 amide bonds. The van der Waals surface area contributed by atoms with Crippen LogP contribution in [0, 0.1) is 0 Å². The van der Waals surface area contributed by atoms with Gasteiger partial charge in [-0.25, -0.2) is 0 Å². The van der Waals surface area contributed by atoms with Crippen molar-refractivity contribution in [2.75, 3.05) is 19.6 Å². The second-order valence-electron chi connectivity index (χ2n) is 31.6. The first-order valence-corrected chi connectivity index (χ1v) is 34.2. The Hall–Kier alpha value is -9.30. The van der Waals surface area contributed by atoms with Crippen LogP contribution in [0.1, 0.15) is 132 Å². The zero-order valence-electron chi connectivity index (χ0n) is 56.6. The minimum absolute atomic E-state index is 0.00832. The molecule has 0 saturated carbocycles. The maximum atomic E-state index is 2.73. The number of fused-ring (bicyclic) bond motifs is 12. The van der Waals surface area contributed by atoms with Crippen LogP contribution >= 0.6 is 11.3 Å². The van der Waals surface area contributed by atoms with Crippen molar-refractivity contribution in [3.8, 4) is 5.69 Å². The van der Waals surface area contributed by atoms with Crippen LogP contribution in [0.3, 0.4) is 0 Å². The van der Waals surface area contributed by atoms with E-state index in [2.05, 4.69) is 352 Å². The Morgan fingerprint density at radius 3 is 1.40 bits per heavy atom. The fourth-order valence-electron chi connectivity index (χ4n) is 15.1. The van der Waals surface area contributed by atoms with E-state index < -0.39 is 0 Å². The molecular weight excluding hydrogens is 1150 g/mol. The fourth-order valence-corrected chi connectivity index (χ4v) is 16.3. The number of nitrogens with zero attached hydrogens (tertiary/aromatic N) is 5. The van der Waals surface area contributed by atoms with Crippen LogP contribution in [0.4, 0.5) is 68.2 Å². The molecule has 7 heteroatoms. The van der Waals surface area contributed by atoms with Crippen molar-refractivity contribution in [3.05, 3.63) is 252 Å². The first-order valence-electron chi connectivity index (χ1n) is 33.4. The Bertz CT molecular complexity index is 5080. The van der Waals surface area contributed by atoms with Crippen molar-refractivity contribution in [3.63, 3.8) is 0 Å². The minimum atomic E-state index is -0.192.